The van der Waals surface area contributed by atoms with Crippen molar-refractivity contribution in [3.63, 3.8) is 0 Å². The molecule has 0 saturated carbocycles. The van der Waals surface area contributed by atoms with E-state index in [1.54, 1.807) is 6.07 Å². The number of amides is 2. The minimum absolute atomic E-state index is 0.305. The largest absolute Gasteiger partial charge is 0.494 e. The van der Waals surface area contributed by atoms with E-state index in [1.165, 1.54) is 18.7 Å². The van der Waals surface area contributed by atoms with Crippen molar-refractivity contribution < 1.29 is 14.3 Å². The summed E-state index contributed by atoms with van der Waals surface area (Å²) < 4.78 is 5.90. The summed E-state index contributed by atoms with van der Waals surface area (Å²) in [5.74, 6) is 0.0519. The highest BCUT2D eigenvalue weighted by atomic mass is 35.5. The van der Waals surface area contributed by atoms with Gasteiger partial charge in [-0.1, -0.05) is 35.3 Å². The smallest absolute Gasteiger partial charge is 0.230 e. The molecule has 0 unspecified atom stereocenters. The Morgan fingerprint density at radius 3 is 2.36 bits per heavy atom. The summed E-state index contributed by atoms with van der Waals surface area (Å²) in [7, 11) is 0. The van der Waals surface area contributed by atoms with Gasteiger partial charge < -0.3 is 9.64 Å². The minimum Gasteiger partial charge on any atom is -0.494 e. The molecule has 8 heteroatoms. The molecule has 1 saturated heterocycles. The number of unbranched alkanes of at least 4 members (excludes halogenated alkanes) is 1. The normalized spacial score (nSPS) is 14.3. The van der Waals surface area contributed by atoms with Gasteiger partial charge in [0.25, 0.3) is 0 Å². The van der Waals surface area contributed by atoms with Crippen LogP contribution in [0.5, 0.6) is 5.75 Å². The Balaban J connectivity index is 1.42. The van der Waals surface area contributed by atoms with Crippen molar-refractivity contribution in [1.29, 1.82) is 0 Å². The van der Waals surface area contributed by atoms with Crippen LogP contribution in [0.4, 0.5) is 11.4 Å². The van der Waals surface area contributed by atoms with Crippen LogP contribution in [-0.4, -0.2) is 56.0 Å². The molecule has 0 radical (unpaired) electrons. The molecule has 0 aliphatic carbocycles. The highest BCUT2D eigenvalue weighted by Crippen LogP contribution is 2.33. The summed E-state index contributed by atoms with van der Waals surface area (Å²) in [6.45, 7) is 10.1. The molecular formula is C25H31Cl2N3O3. The Bertz CT molecular complexity index is 977. The first-order valence-corrected chi connectivity index (χ1v) is 12.0. The second-order valence-electron chi connectivity index (χ2n) is 8.28. The van der Waals surface area contributed by atoms with Crippen molar-refractivity contribution in [2.45, 2.75) is 33.6 Å². The molecule has 0 bridgehead atoms. The van der Waals surface area contributed by atoms with Gasteiger partial charge in [0.15, 0.2) is 0 Å². The number of rotatable bonds is 8. The number of hydrogen-bond acceptors (Lipinski definition) is 5. The highest BCUT2D eigenvalue weighted by Gasteiger charge is 2.20. The van der Waals surface area contributed by atoms with Gasteiger partial charge in [0, 0.05) is 46.1 Å². The van der Waals surface area contributed by atoms with Crippen molar-refractivity contribution in [3.8, 4) is 5.75 Å². The van der Waals surface area contributed by atoms with Crippen LogP contribution >= 0.6 is 23.2 Å². The van der Waals surface area contributed by atoms with Gasteiger partial charge in [0.05, 0.1) is 28.0 Å². The zero-order valence-corrected chi connectivity index (χ0v) is 21.0. The van der Waals surface area contributed by atoms with Gasteiger partial charge >= 0.3 is 0 Å². The van der Waals surface area contributed by atoms with Crippen molar-refractivity contribution in [2.75, 3.05) is 49.1 Å². The lowest BCUT2D eigenvalue weighted by Crippen LogP contribution is -2.46. The molecule has 1 aliphatic rings. The van der Waals surface area contributed by atoms with Gasteiger partial charge in [-0.2, -0.15) is 0 Å². The van der Waals surface area contributed by atoms with Crippen LogP contribution in [-0.2, 0) is 9.59 Å². The summed E-state index contributed by atoms with van der Waals surface area (Å²) in [5, 5.41) is 1.21. The fraction of sp³-hybridized carbons (Fsp3) is 0.440. The molecular weight excluding hydrogens is 461 g/mol. The fourth-order valence-corrected chi connectivity index (χ4v) is 4.47. The van der Waals surface area contributed by atoms with E-state index >= 15 is 0 Å². The lowest BCUT2D eigenvalue weighted by molar-refractivity contribution is -0.124. The monoisotopic (exact) mass is 491 g/mol. The maximum Gasteiger partial charge on any atom is 0.230 e. The molecule has 0 spiro atoms. The van der Waals surface area contributed by atoms with Gasteiger partial charge in [-0.25, -0.2) is 0 Å². The van der Waals surface area contributed by atoms with E-state index in [1.807, 2.05) is 37.3 Å². The summed E-state index contributed by atoms with van der Waals surface area (Å²) in [6.07, 6.45) is 1.95. The molecule has 2 aromatic carbocycles. The number of ether oxygens (including phenoxy) is 1. The average Bonchev–Trinajstić information content (AvgIpc) is 2.77. The predicted molar refractivity (Wildman–Crippen MR) is 135 cm³/mol. The number of piperazine rings is 1. The SMILES string of the molecule is CC(=O)N(C(C)=O)c1cc(OCCCCN2CCN(c3cccc(Cl)c3Cl)CC2)ccc1C. The topological polar surface area (TPSA) is 53.1 Å². The molecule has 2 aromatic rings. The molecule has 1 heterocycles. The van der Waals surface area contributed by atoms with E-state index < -0.39 is 0 Å². The number of aryl methyl sites for hydroxylation is 1. The van der Waals surface area contributed by atoms with Crippen LogP contribution in [0.15, 0.2) is 36.4 Å². The summed E-state index contributed by atoms with van der Waals surface area (Å²) in [5.41, 5.74) is 2.43. The number of halogens is 2. The second-order valence-corrected chi connectivity index (χ2v) is 9.06. The predicted octanol–water partition coefficient (Wildman–Crippen LogP) is 5.18. The van der Waals surface area contributed by atoms with Crippen LogP contribution in [0, 0.1) is 6.92 Å². The zero-order chi connectivity index (χ0) is 24.0. The number of nitrogens with zero attached hydrogens (tertiary/aromatic N) is 3. The lowest BCUT2D eigenvalue weighted by atomic mass is 10.1. The Morgan fingerprint density at radius 2 is 1.70 bits per heavy atom. The minimum atomic E-state index is -0.305. The van der Waals surface area contributed by atoms with Gasteiger partial charge in [-0.15, -0.1) is 0 Å². The number of hydrogen-bond donors (Lipinski definition) is 0. The van der Waals surface area contributed by atoms with Crippen molar-refractivity contribution in [1.82, 2.24) is 4.90 Å². The number of carbonyl (C=O) groups excluding carboxylic acids is 2. The third-order valence-corrected chi connectivity index (χ3v) is 6.64. The summed E-state index contributed by atoms with van der Waals surface area (Å²) in [6, 6.07) is 11.3. The number of anilines is 2. The van der Waals surface area contributed by atoms with Crippen LogP contribution in [0.1, 0.15) is 32.3 Å². The fourth-order valence-electron chi connectivity index (χ4n) is 4.06. The van der Waals surface area contributed by atoms with Crippen LogP contribution in [0.3, 0.4) is 0 Å². The Hall–Kier alpha value is -2.28. The Kier molecular flexibility index (Phi) is 9.01. The molecule has 0 aromatic heterocycles. The molecule has 1 aliphatic heterocycles. The highest BCUT2D eigenvalue weighted by molar-refractivity contribution is 6.43. The van der Waals surface area contributed by atoms with Gasteiger partial charge in [0.2, 0.25) is 11.8 Å². The molecule has 178 valence electrons. The van der Waals surface area contributed by atoms with Gasteiger partial charge in [0.1, 0.15) is 5.75 Å². The zero-order valence-electron chi connectivity index (χ0n) is 19.4. The van der Waals surface area contributed by atoms with Crippen molar-refractivity contribution in [2.24, 2.45) is 0 Å². The van der Waals surface area contributed by atoms with E-state index in [4.69, 9.17) is 27.9 Å². The van der Waals surface area contributed by atoms with E-state index in [-0.39, 0.29) is 11.8 Å². The number of benzene rings is 2. The van der Waals surface area contributed by atoms with E-state index in [0.29, 0.717) is 28.1 Å². The third-order valence-electron chi connectivity index (χ3n) is 5.83. The first-order valence-electron chi connectivity index (χ1n) is 11.2. The van der Waals surface area contributed by atoms with Crippen molar-refractivity contribution >= 4 is 46.4 Å². The van der Waals surface area contributed by atoms with E-state index in [2.05, 4.69) is 9.80 Å². The Labute approximate surface area is 206 Å². The number of carbonyl (C=O) groups is 2. The maximum absolute atomic E-state index is 11.9. The van der Waals surface area contributed by atoms with Gasteiger partial charge in [-0.3, -0.25) is 19.4 Å². The number of imide groups is 1. The standard InChI is InChI=1S/C25H31Cl2N3O3/c1-18-9-10-21(17-24(18)30(19(2)31)20(3)32)33-16-5-4-11-28-12-14-29(15-13-28)23-8-6-7-22(26)25(23)27/h6-10,17H,4-5,11-16H2,1-3H3. The van der Waals surface area contributed by atoms with Crippen LogP contribution in [0.25, 0.3) is 0 Å². The third kappa shape index (κ3) is 6.62. The first-order chi connectivity index (χ1) is 15.8. The molecule has 6 nitrogen and oxygen atoms in total. The summed E-state index contributed by atoms with van der Waals surface area (Å²) >= 11 is 12.5. The molecule has 2 amide bonds. The van der Waals surface area contributed by atoms with Crippen LogP contribution in [0.2, 0.25) is 10.0 Å². The van der Waals surface area contributed by atoms with E-state index in [0.717, 1.165) is 56.8 Å². The average molecular weight is 492 g/mol. The molecule has 0 atom stereocenters. The Morgan fingerprint density at radius 1 is 1.00 bits per heavy atom. The van der Waals surface area contributed by atoms with Crippen LogP contribution < -0.4 is 14.5 Å². The second kappa shape index (κ2) is 11.7. The molecule has 1 fully saturated rings. The quantitative estimate of drug-likeness (QED) is 0.476. The molecule has 33 heavy (non-hydrogen) atoms. The van der Waals surface area contributed by atoms with Crippen molar-refractivity contribution in [3.05, 3.63) is 52.0 Å². The molecule has 3 rings (SSSR count). The lowest BCUT2D eigenvalue weighted by Gasteiger charge is -2.36. The first kappa shape index (κ1) is 25.3. The summed E-state index contributed by atoms with van der Waals surface area (Å²) in [4.78, 5) is 29.7. The van der Waals surface area contributed by atoms with E-state index in [9.17, 15) is 9.59 Å². The van der Waals surface area contributed by atoms with Gasteiger partial charge in [-0.05, 0) is 50.1 Å². The molecule has 0 N–H and O–H groups in total. The maximum atomic E-state index is 11.9.